The van der Waals surface area contributed by atoms with E-state index in [1.54, 1.807) is 42.7 Å². The molecule has 180 valence electrons. The summed E-state index contributed by atoms with van der Waals surface area (Å²) in [5.41, 5.74) is 3.96. The molecule has 0 saturated heterocycles. The second-order valence-electron chi connectivity index (χ2n) is 8.59. The van der Waals surface area contributed by atoms with E-state index in [2.05, 4.69) is 4.98 Å². The van der Waals surface area contributed by atoms with Crippen molar-refractivity contribution in [3.05, 3.63) is 77.1 Å². The zero-order chi connectivity index (χ0) is 25.0. The minimum absolute atomic E-state index is 0.0515. The fourth-order valence-corrected chi connectivity index (χ4v) is 5.66. The highest BCUT2D eigenvalue weighted by atomic mass is 32.1. The molecule has 1 aliphatic heterocycles. The molecule has 0 amide bonds. The number of hydrogen-bond acceptors (Lipinski definition) is 8. The van der Waals surface area contributed by atoms with Crippen molar-refractivity contribution in [3.8, 4) is 39.5 Å². The number of carbonyl (C=O) groups is 1. The molecule has 0 atom stereocenters. The molecule has 8 nitrogen and oxygen atoms in total. The van der Waals surface area contributed by atoms with Gasteiger partial charge in [-0.25, -0.2) is 4.98 Å². The van der Waals surface area contributed by atoms with Crippen molar-refractivity contribution in [2.24, 2.45) is 0 Å². The van der Waals surface area contributed by atoms with Crippen molar-refractivity contribution in [2.75, 3.05) is 13.2 Å². The van der Waals surface area contributed by atoms with E-state index in [4.69, 9.17) is 14.5 Å². The number of aromatic hydroxyl groups is 2. The van der Waals surface area contributed by atoms with Crippen LogP contribution in [0.25, 0.3) is 26.6 Å². The number of fused-ring (bicyclic) bond motifs is 2. The number of aromatic nitrogens is 3. The summed E-state index contributed by atoms with van der Waals surface area (Å²) in [5.74, 6) is -0.472. The Hall–Kier alpha value is -4.37. The Kier molecular flexibility index (Phi) is 5.15. The molecule has 0 aliphatic carbocycles. The molecule has 1 aliphatic rings. The van der Waals surface area contributed by atoms with E-state index in [-0.39, 0.29) is 11.1 Å². The summed E-state index contributed by atoms with van der Waals surface area (Å²) in [4.78, 5) is 22.7. The van der Waals surface area contributed by atoms with Gasteiger partial charge in [-0.1, -0.05) is 17.4 Å². The number of aryl methyl sites for hydroxylation is 2. The third-order valence-electron chi connectivity index (χ3n) is 6.10. The van der Waals surface area contributed by atoms with Crippen LogP contribution in [0.2, 0.25) is 0 Å². The number of rotatable bonds is 4. The molecule has 2 aromatic carbocycles. The fourth-order valence-electron chi connectivity index (χ4n) is 4.51. The molecule has 9 heteroatoms. The number of carbonyl (C=O) groups excluding carboxylic acids is 1. The molecule has 36 heavy (non-hydrogen) atoms. The molecule has 0 fully saturated rings. The van der Waals surface area contributed by atoms with Crippen LogP contribution >= 0.6 is 11.3 Å². The molecule has 0 radical (unpaired) electrons. The third-order valence-corrected chi connectivity index (χ3v) is 7.08. The lowest BCUT2D eigenvalue weighted by molar-refractivity contribution is 0.103. The van der Waals surface area contributed by atoms with Crippen LogP contribution in [-0.2, 0) is 0 Å². The smallest absolute Gasteiger partial charge is 0.242 e. The monoisotopic (exact) mass is 499 g/mol. The van der Waals surface area contributed by atoms with Crippen LogP contribution in [0.5, 0.6) is 23.1 Å². The molecule has 0 unspecified atom stereocenters. The molecule has 6 rings (SSSR count). The lowest BCUT2D eigenvalue weighted by Crippen LogP contribution is -2.16. The normalized spacial score (nSPS) is 12.7. The predicted molar refractivity (Wildman–Crippen MR) is 136 cm³/mol. The van der Waals surface area contributed by atoms with Gasteiger partial charge in [0.25, 0.3) is 0 Å². The van der Waals surface area contributed by atoms with E-state index in [1.807, 2.05) is 26.0 Å². The minimum Gasteiger partial charge on any atom is -0.503 e. The van der Waals surface area contributed by atoms with Crippen molar-refractivity contribution in [2.45, 2.75) is 13.8 Å². The summed E-state index contributed by atoms with van der Waals surface area (Å²) in [6.45, 7) is 4.80. The summed E-state index contributed by atoms with van der Waals surface area (Å²) in [6.07, 6.45) is 3.19. The molecule has 2 N–H and O–H groups in total. The Morgan fingerprint density at radius 3 is 2.64 bits per heavy atom. The molecule has 4 heterocycles. The average molecular weight is 500 g/mol. The second kappa shape index (κ2) is 8.39. The molecule has 0 bridgehead atoms. The average Bonchev–Trinajstić information content (AvgIpc) is 3.42. The van der Waals surface area contributed by atoms with Crippen LogP contribution in [0.3, 0.4) is 0 Å². The lowest BCUT2D eigenvalue weighted by atomic mass is 9.99. The SMILES string of the molecule is Cc1cc(C)c2nc(-n3c(O)c(O)c(C(=O)c4ccc5c(c4)OCCO5)c3-c3cccnc3)sc2c1. The van der Waals surface area contributed by atoms with Gasteiger partial charge in [-0.3, -0.25) is 14.3 Å². The number of nitrogens with zero attached hydrogens (tertiary/aromatic N) is 3. The Labute approximate surface area is 210 Å². The van der Waals surface area contributed by atoms with Crippen molar-refractivity contribution >= 4 is 27.3 Å². The molecule has 3 aromatic heterocycles. The second-order valence-corrected chi connectivity index (χ2v) is 9.59. The zero-order valence-corrected chi connectivity index (χ0v) is 20.3. The molecule has 0 spiro atoms. The van der Waals surface area contributed by atoms with Crippen LogP contribution < -0.4 is 9.47 Å². The van der Waals surface area contributed by atoms with Gasteiger partial charge in [0.15, 0.2) is 28.2 Å². The van der Waals surface area contributed by atoms with E-state index < -0.39 is 17.4 Å². The van der Waals surface area contributed by atoms with Gasteiger partial charge >= 0.3 is 0 Å². The van der Waals surface area contributed by atoms with Crippen LogP contribution in [-0.4, -0.2) is 43.7 Å². The molecular formula is C27H21N3O5S. The number of ether oxygens (including phenoxy) is 2. The fraction of sp³-hybridized carbons (Fsp3) is 0.148. The van der Waals surface area contributed by atoms with E-state index in [0.717, 1.165) is 21.3 Å². The Balaban J connectivity index is 1.59. The van der Waals surface area contributed by atoms with Gasteiger partial charge in [-0.15, -0.1) is 0 Å². The van der Waals surface area contributed by atoms with Crippen molar-refractivity contribution in [3.63, 3.8) is 0 Å². The van der Waals surface area contributed by atoms with E-state index in [1.165, 1.54) is 15.9 Å². The van der Waals surface area contributed by atoms with Crippen molar-refractivity contribution < 1.29 is 24.5 Å². The standard InChI is InChI=1S/C27H21N3O5S/c1-14-10-15(2)22-20(11-14)36-27(29-22)30-23(17-4-3-7-28-13-17)21(25(32)26(30)33)24(31)16-5-6-18-19(12-16)35-9-8-34-18/h3-7,10-13,32-33H,8-9H2,1-2H3. The van der Waals surface area contributed by atoms with Gasteiger partial charge in [0.1, 0.15) is 13.2 Å². The number of thiazole rings is 1. The highest BCUT2D eigenvalue weighted by Crippen LogP contribution is 2.45. The van der Waals surface area contributed by atoms with Crippen LogP contribution in [0.1, 0.15) is 27.0 Å². The van der Waals surface area contributed by atoms with Gasteiger partial charge in [-0.2, -0.15) is 0 Å². The maximum Gasteiger partial charge on any atom is 0.242 e. The van der Waals surface area contributed by atoms with E-state index in [9.17, 15) is 15.0 Å². The largest absolute Gasteiger partial charge is 0.503 e. The number of ketones is 1. The van der Waals surface area contributed by atoms with Gasteiger partial charge in [0.2, 0.25) is 5.88 Å². The van der Waals surface area contributed by atoms with Crippen LogP contribution in [0.15, 0.2) is 54.9 Å². The molecule has 0 saturated carbocycles. The summed E-state index contributed by atoms with van der Waals surface area (Å²) >= 11 is 1.36. The zero-order valence-electron chi connectivity index (χ0n) is 19.5. The first kappa shape index (κ1) is 22.1. The van der Waals surface area contributed by atoms with Gasteiger partial charge in [0.05, 0.1) is 21.5 Å². The molecule has 5 aromatic rings. The van der Waals surface area contributed by atoms with Crippen molar-refractivity contribution in [1.82, 2.24) is 14.5 Å². The predicted octanol–water partition coefficient (Wildman–Crippen LogP) is 5.18. The maximum atomic E-state index is 13.8. The molecular weight excluding hydrogens is 478 g/mol. The van der Waals surface area contributed by atoms with Crippen LogP contribution in [0, 0.1) is 13.8 Å². The minimum atomic E-state index is -0.527. The van der Waals surface area contributed by atoms with Gasteiger partial charge in [0, 0.05) is 23.5 Å². The summed E-state index contributed by atoms with van der Waals surface area (Å²) in [5, 5.41) is 22.6. The highest BCUT2D eigenvalue weighted by Gasteiger charge is 2.32. The third kappa shape index (κ3) is 3.47. The maximum absolute atomic E-state index is 13.8. The Morgan fingerprint density at radius 2 is 1.86 bits per heavy atom. The van der Waals surface area contributed by atoms with E-state index in [0.29, 0.717) is 41.1 Å². The van der Waals surface area contributed by atoms with Crippen molar-refractivity contribution in [1.29, 1.82) is 0 Å². The first-order chi connectivity index (χ1) is 17.4. The van der Waals surface area contributed by atoms with Gasteiger partial charge < -0.3 is 19.7 Å². The highest BCUT2D eigenvalue weighted by molar-refractivity contribution is 7.20. The summed E-state index contributed by atoms with van der Waals surface area (Å²) < 4.78 is 13.5. The quantitative estimate of drug-likeness (QED) is 0.328. The number of pyridine rings is 1. The summed E-state index contributed by atoms with van der Waals surface area (Å²) in [7, 11) is 0. The van der Waals surface area contributed by atoms with Gasteiger partial charge in [-0.05, 0) is 61.4 Å². The van der Waals surface area contributed by atoms with Crippen LogP contribution in [0.4, 0.5) is 0 Å². The lowest BCUT2D eigenvalue weighted by Gasteiger charge is -2.18. The summed E-state index contributed by atoms with van der Waals surface area (Å²) in [6, 6.07) is 12.4. The number of hydrogen-bond donors (Lipinski definition) is 2. The number of benzene rings is 2. The van der Waals surface area contributed by atoms with E-state index >= 15 is 0 Å². The first-order valence-electron chi connectivity index (χ1n) is 11.3. The topological polar surface area (TPSA) is 107 Å². The Bertz CT molecular complexity index is 1660. The Morgan fingerprint density at radius 1 is 1.06 bits per heavy atom. The first-order valence-corrected chi connectivity index (χ1v) is 12.1.